The molecular formula is C14H17N5OS. The fourth-order valence-electron chi connectivity index (χ4n) is 1.64. The smallest absolute Gasteiger partial charge is 0.271 e. The molecule has 0 atom stereocenters. The molecule has 0 saturated carbocycles. The Morgan fingerprint density at radius 1 is 1.38 bits per heavy atom. The largest absolute Gasteiger partial charge is 0.354 e. The van der Waals surface area contributed by atoms with Gasteiger partial charge in [0, 0.05) is 12.7 Å². The zero-order valence-electron chi connectivity index (χ0n) is 11.9. The molecule has 7 heteroatoms. The van der Waals surface area contributed by atoms with Crippen molar-refractivity contribution in [2.24, 2.45) is 4.99 Å². The Labute approximate surface area is 127 Å². The topological polar surface area (TPSA) is 82.2 Å². The van der Waals surface area contributed by atoms with Crippen molar-refractivity contribution in [1.29, 1.82) is 0 Å². The van der Waals surface area contributed by atoms with Crippen molar-refractivity contribution in [2.45, 2.75) is 6.92 Å². The highest BCUT2D eigenvalue weighted by Gasteiger charge is 2.13. The van der Waals surface area contributed by atoms with Gasteiger partial charge in [0.2, 0.25) is 0 Å². The van der Waals surface area contributed by atoms with Crippen molar-refractivity contribution in [3.8, 4) is 0 Å². The van der Waals surface area contributed by atoms with Gasteiger partial charge in [0.15, 0.2) is 16.7 Å². The molecule has 3 N–H and O–H groups in total. The minimum Gasteiger partial charge on any atom is -0.354 e. The first-order chi connectivity index (χ1) is 10.2. The molecule has 0 saturated heterocycles. The number of benzene rings is 1. The van der Waals surface area contributed by atoms with Crippen molar-refractivity contribution < 1.29 is 4.79 Å². The molecule has 0 aliphatic heterocycles. The van der Waals surface area contributed by atoms with Crippen LogP contribution in [0.5, 0.6) is 0 Å². The molecule has 110 valence electrons. The molecule has 6 nitrogen and oxygen atoms in total. The quantitative estimate of drug-likeness (QED) is 0.599. The van der Waals surface area contributed by atoms with Crippen LogP contribution in [0.2, 0.25) is 0 Å². The molecule has 0 aliphatic rings. The number of rotatable bonds is 4. The summed E-state index contributed by atoms with van der Waals surface area (Å²) >= 11 is 1.55. The number of aliphatic imine (C=N–C) groups is 1. The Morgan fingerprint density at radius 3 is 2.81 bits per heavy atom. The van der Waals surface area contributed by atoms with Gasteiger partial charge < -0.3 is 15.6 Å². The zero-order chi connectivity index (χ0) is 15.1. The molecule has 1 aromatic carbocycles. The number of H-pyrrole nitrogens is 1. The minimum absolute atomic E-state index is 0.244. The lowest BCUT2D eigenvalue weighted by Gasteiger charge is -2.08. The summed E-state index contributed by atoms with van der Waals surface area (Å²) in [5.74, 6) is 0.985. The Balaban J connectivity index is 2.25. The van der Waals surface area contributed by atoms with Crippen LogP contribution < -0.4 is 10.6 Å². The summed E-state index contributed by atoms with van der Waals surface area (Å²) in [7, 11) is 1.57. The molecule has 0 bridgehead atoms. The Kier molecular flexibility index (Phi) is 5.39. The first-order valence-corrected chi connectivity index (χ1v) is 7.52. The molecule has 1 heterocycles. The summed E-state index contributed by atoms with van der Waals surface area (Å²) in [5.41, 5.74) is 1.29. The van der Waals surface area contributed by atoms with Crippen LogP contribution in [0.25, 0.3) is 0 Å². The van der Waals surface area contributed by atoms with E-state index >= 15 is 0 Å². The second-order valence-corrected chi connectivity index (χ2v) is 5.27. The highest BCUT2D eigenvalue weighted by molar-refractivity contribution is 8.14. The van der Waals surface area contributed by atoms with Gasteiger partial charge in [0.05, 0.1) is 6.33 Å². The minimum atomic E-state index is -0.244. The molecular weight excluding hydrogens is 286 g/mol. The van der Waals surface area contributed by atoms with Gasteiger partial charge in [-0.25, -0.2) is 9.98 Å². The van der Waals surface area contributed by atoms with Gasteiger partial charge >= 0.3 is 0 Å². The van der Waals surface area contributed by atoms with E-state index in [9.17, 15) is 4.79 Å². The highest BCUT2D eigenvalue weighted by Crippen LogP contribution is 2.18. The lowest BCUT2D eigenvalue weighted by Crippen LogP contribution is -2.18. The maximum Gasteiger partial charge on any atom is 0.271 e. The number of carbonyl (C=O) groups excluding carboxylic acids is 1. The number of para-hydroxylation sites is 1. The van der Waals surface area contributed by atoms with E-state index in [4.69, 9.17) is 0 Å². The summed E-state index contributed by atoms with van der Waals surface area (Å²) in [5, 5.41) is 6.48. The van der Waals surface area contributed by atoms with E-state index in [1.54, 1.807) is 18.8 Å². The molecule has 21 heavy (non-hydrogen) atoms. The van der Waals surface area contributed by atoms with Gasteiger partial charge in [0.1, 0.15) is 0 Å². The maximum absolute atomic E-state index is 11.7. The van der Waals surface area contributed by atoms with Crippen LogP contribution in [0.15, 0.2) is 41.7 Å². The number of aromatic nitrogens is 2. The molecule has 1 aromatic heterocycles. The molecule has 2 rings (SSSR count). The lowest BCUT2D eigenvalue weighted by molar-refractivity contribution is 0.0959. The summed E-state index contributed by atoms with van der Waals surface area (Å²) in [6.07, 6.45) is 1.46. The lowest BCUT2D eigenvalue weighted by atomic mass is 10.3. The summed E-state index contributed by atoms with van der Waals surface area (Å²) in [6.45, 7) is 2.04. The monoisotopic (exact) mass is 303 g/mol. The number of nitrogens with one attached hydrogen (secondary N) is 3. The average molecular weight is 303 g/mol. The van der Waals surface area contributed by atoms with Crippen LogP contribution in [0.3, 0.4) is 0 Å². The summed E-state index contributed by atoms with van der Waals surface area (Å²) in [6, 6.07) is 9.75. The van der Waals surface area contributed by atoms with Crippen LogP contribution in [0.1, 0.15) is 17.4 Å². The molecule has 0 aliphatic carbocycles. The number of amides is 1. The van der Waals surface area contributed by atoms with Crippen molar-refractivity contribution >= 4 is 34.3 Å². The number of hydrogen-bond donors (Lipinski definition) is 3. The maximum atomic E-state index is 11.7. The van der Waals surface area contributed by atoms with Gasteiger partial charge in [-0.15, -0.1) is 0 Å². The van der Waals surface area contributed by atoms with Crippen LogP contribution >= 0.6 is 11.8 Å². The Bertz CT molecular complexity index is 623. The van der Waals surface area contributed by atoms with Gasteiger partial charge in [0.25, 0.3) is 5.91 Å². The number of amidine groups is 1. The molecule has 2 aromatic rings. The first kappa shape index (κ1) is 15.1. The number of imidazole rings is 1. The molecule has 0 unspecified atom stereocenters. The van der Waals surface area contributed by atoms with E-state index in [1.807, 2.05) is 37.3 Å². The van der Waals surface area contributed by atoms with Gasteiger partial charge in [-0.2, -0.15) is 0 Å². The third-order valence-corrected chi connectivity index (χ3v) is 3.34. The van der Waals surface area contributed by atoms with Gasteiger partial charge in [-0.1, -0.05) is 36.9 Å². The van der Waals surface area contributed by atoms with E-state index < -0.39 is 0 Å². The van der Waals surface area contributed by atoms with Crippen molar-refractivity contribution in [3.63, 3.8) is 0 Å². The summed E-state index contributed by atoms with van der Waals surface area (Å²) in [4.78, 5) is 23.0. The highest BCUT2D eigenvalue weighted by atomic mass is 32.2. The first-order valence-electron chi connectivity index (χ1n) is 6.53. The number of carbonyl (C=O) groups is 1. The number of nitrogens with zero attached hydrogens (tertiary/aromatic N) is 2. The van der Waals surface area contributed by atoms with Crippen LogP contribution in [0.4, 0.5) is 11.5 Å². The number of aromatic amines is 1. The second kappa shape index (κ2) is 7.49. The van der Waals surface area contributed by atoms with Crippen molar-refractivity contribution in [1.82, 2.24) is 15.3 Å². The van der Waals surface area contributed by atoms with Gasteiger partial charge in [-0.05, 0) is 17.9 Å². The molecule has 0 fully saturated rings. The van der Waals surface area contributed by atoms with Crippen LogP contribution in [-0.4, -0.2) is 33.8 Å². The SMILES string of the molecule is CCS/C(=N\c1nc[nH]c1C(=O)NC)Nc1ccccc1. The van der Waals surface area contributed by atoms with E-state index in [0.29, 0.717) is 16.7 Å². The number of hydrogen-bond acceptors (Lipinski definition) is 4. The van der Waals surface area contributed by atoms with Crippen LogP contribution in [0, 0.1) is 0 Å². The number of thioether (sulfide) groups is 1. The van der Waals surface area contributed by atoms with Crippen molar-refractivity contribution in [2.75, 3.05) is 18.1 Å². The Hall–Kier alpha value is -2.28. The average Bonchev–Trinajstić information content (AvgIpc) is 2.96. The summed E-state index contributed by atoms with van der Waals surface area (Å²) < 4.78 is 0. The van der Waals surface area contributed by atoms with Gasteiger partial charge in [-0.3, -0.25) is 4.79 Å². The van der Waals surface area contributed by atoms with E-state index in [-0.39, 0.29) is 5.91 Å². The zero-order valence-corrected chi connectivity index (χ0v) is 12.7. The third kappa shape index (κ3) is 4.09. The molecule has 0 radical (unpaired) electrons. The predicted molar refractivity (Wildman–Crippen MR) is 87.3 cm³/mol. The van der Waals surface area contributed by atoms with E-state index in [1.165, 1.54) is 6.33 Å². The third-order valence-electron chi connectivity index (χ3n) is 2.59. The second-order valence-electron chi connectivity index (χ2n) is 4.02. The normalized spacial score (nSPS) is 11.2. The molecule has 1 amide bonds. The molecule has 0 spiro atoms. The fraction of sp³-hybridized carbons (Fsp3) is 0.214. The number of anilines is 1. The predicted octanol–water partition coefficient (Wildman–Crippen LogP) is 2.62. The van der Waals surface area contributed by atoms with E-state index in [0.717, 1.165) is 11.4 Å². The Morgan fingerprint density at radius 2 is 2.14 bits per heavy atom. The van der Waals surface area contributed by atoms with Crippen molar-refractivity contribution in [3.05, 3.63) is 42.4 Å². The standard InChI is InChI=1S/C14H17N5OS/c1-3-21-14(18-10-7-5-4-6-8-10)19-12-11(13(20)15-2)16-9-17-12/h4-9H,3H2,1-2H3,(H,15,20)(H,16,17)(H,18,19). The van der Waals surface area contributed by atoms with Crippen LogP contribution in [-0.2, 0) is 0 Å². The fourth-order valence-corrected chi connectivity index (χ4v) is 2.25. The van der Waals surface area contributed by atoms with E-state index in [2.05, 4.69) is 25.6 Å².